The molecule has 168 valence electrons. The van der Waals surface area contributed by atoms with Crippen LogP contribution in [0.2, 0.25) is 0 Å². The lowest BCUT2D eigenvalue weighted by Crippen LogP contribution is -2.40. The fraction of sp³-hybridized carbons (Fsp3) is 0.652. The minimum Gasteiger partial charge on any atom is -0.484 e. The van der Waals surface area contributed by atoms with Crippen molar-refractivity contribution in [2.45, 2.75) is 40.7 Å². The van der Waals surface area contributed by atoms with Crippen LogP contribution in [0.3, 0.4) is 0 Å². The van der Waals surface area contributed by atoms with Crippen molar-refractivity contribution in [2.24, 2.45) is 10.9 Å². The topological polar surface area (TPSA) is 69.2 Å². The summed E-state index contributed by atoms with van der Waals surface area (Å²) in [6, 6.07) is 7.81. The highest BCUT2D eigenvalue weighted by atomic mass is 16.5. The number of rotatable bonds is 11. The van der Waals surface area contributed by atoms with Crippen LogP contribution < -0.4 is 15.4 Å². The van der Waals surface area contributed by atoms with Gasteiger partial charge in [0.05, 0.1) is 6.54 Å². The van der Waals surface area contributed by atoms with Crippen LogP contribution >= 0.6 is 0 Å². The van der Waals surface area contributed by atoms with E-state index in [1.807, 2.05) is 31.2 Å². The number of nitrogens with zero attached hydrogens (tertiary/aromatic N) is 3. The molecule has 7 heteroatoms. The zero-order chi connectivity index (χ0) is 21.8. The predicted octanol–water partition coefficient (Wildman–Crippen LogP) is 2.33. The van der Waals surface area contributed by atoms with E-state index in [4.69, 9.17) is 9.73 Å². The molecule has 1 atom stereocenters. The average Bonchev–Trinajstić information content (AvgIpc) is 3.22. The number of amides is 1. The lowest BCUT2D eigenvalue weighted by Gasteiger charge is -2.24. The summed E-state index contributed by atoms with van der Waals surface area (Å²) in [6.07, 6.45) is 1.21. The molecule has 1 saturated heterocycles. The van der Waals surface area contributed by atoms with E-state index in [9.17, 15) is 4.79 Å². The maximum absolute atomic E-state index is 11.6. The van der Waals surface area contributed by atoms with E-state index in [1.54, 1.807) is 0 Å². The van der Waals surface area contributed by atoms with E-state index in [2.05, 4.69) is 41.2 Å². The third kappa shape index (κ3) is 7.86. The summed E-state index contributed by atoms with van der Waals surface area (Å²) in [5.74, 6) is 2.26. The van der Waals surface area contributed by atoms with Gasteiger partial charge in [-0.3, -0.25) is 4.79 Å². The van der Waals surface area contributed by atoms with Gasteiger partial charge in [0.2, 0.25) is 0 Å². The fourth-order valence-corrected chi connectivity index (χ4v) is 3.74. The second-order valence-corrected chi connectivity index (χ2v) is 7.65. The van der Waals surface area contributed by atoms with E-state index in [-0.39, 0.29) is 12.5 Å². The Hall–Kier alpha value is -2.28. The minimum atomic E-state index is -0.108. The molecule has 2 N–H and O–H groups in total. The highest BCUT2D eigenvalue weighted by Crippen LogP contribution is 2.19. The third-order valence-corrected chi connectivity index (χ3v) is 5.38. The van der Waals surface area contributed by atoms with Gasteiger partial charge < -0.3 is 25.2 Å². The van der Waals surface area contributed by atoms with Crippen molar-refractivity contribution in [3.8, 4) is 5.75 Å². The standard InChI is InChI=1S/C23H39N5O2/c1-5-24-22(29)18-30-21-11-9-10-19(14-21)15-26-23(25-6-2)28-13-12-20(17-28)16-27(7-3)8-4/h9-11,14,20H,5-8,12-13,15-18H2,1-4H3,(H,24,29)(H,25,26). The molecule has 0 spiro atoms. The van der Waals surface area contributed by atoms with E-state index >= 15 is 0 Å². The summed E-state index contributed by atoms with van der Waals surface area (Å²) in [7, 11) is 0. The highest BCUT2D eigenvalue weighted by Gasteiger charge is 2.25. The van der Waals surface area contributed by atoms with Crippen molar-refractivity contribution in [2.75, 3.05) is 52.4 Å². The molecule has 2 rings (SSSR count). The Morgan fingerprint density at radius 1 is 1.20 bits per heavy atom. The molecule has 0 aromatic heterocycles. The largest absolute Gasteiger partial charge is 0.484 e. The molecule has 1 fully saturated rings. The van der Waals surface area contributed by atoms with E-state index in [0.717, 1.165) is 50.8 Å². The minimum absolute atomic E-state index is 0.0326. The van der Waals surface area contributed by atoms with Gasteiger partial charge >= 0.3 is 0 Å². The number of nitrogens with one attached hydrogen (secondary N) is 2. The molecule has 0 saturated carbocycles. The second kappa shape index (κ2) is 13.1. The number of carbonyl (C=O) groups excluding carboxylic acids is 1. The number of likely N-dealkylation sites (N-methyl/N-ethyl adjacent to an activating group) is 1. The summed E-state index contributed by atoms with van der Waals surface area (Å²) in [4.78, 5) is 21.3. The number of ether oxygens (including phenoxy) is 1. The first kappa shape index (κ1) is 24.0. The molecule has 7 nitrogen and oxygen atoms in total. The Labute approximate surface area is 181 Å². The number of guanidine groups is 1. The zero-order valence-corrected chi connectivity index (χ0v) is 19.1. The van der Waals surface area contributed by atoms with Gasteiger partial charge in [0.1, 0.15) is 5.75 Å². The quantitative estimate of drug-likeness (QED) is 0.427. The molecule has 0 aliphatic carbocycles. The third-order valence-electron chi connectivity index (χ3n) is 5.38. The first-order valence-electron chi connectivity index (χ1n) is 11.3. The van der Waals surface area contributed by atoms with E-state index in [0.29, 0.717) is 24.8 Å². The van der Waals surface area contributed by atoms with Crippen molar-refractivity contribution in [1.82, 2.24) is 20.4 Å². The van der Waals surface area contributed by atoms with Crippen LogP contribution in [0.5, 0.6) is 5.75 Å². The Bertz CT molecular complexity index is 675. The van der Waals surface area contributed by atoms with E-state index < -0.39 is 0 Å². The van der Waals surface area contributed by atoms with Crippen molar-refractivity contribution < 1.29 is 9.53 Å². The molecule has 1 amide bonds. The number of likely N-dealkylation sites (tertiary alicyclic amines) is 1. The van der Waals surface area contributed by atoms with Crippen LogP contribution in [0.25, 0.3) is 0 Å². The van der Waals surface area contributed by atoms with Gasteiger partial charge in [-0.05, 0) is 57.0 Å². The molecule has 1 aliphatic rings. The predicted molar refractivity (Wildman–Crippen MR) is 123 cm³/mol. The lowest BCUT2D eigenvalue weighted by molar-refractivity contribution is -0.122. The first-order valence-corrected chi connectivity index (χ1v) is 11.3. The molecular formula is C23H39N5O2. The van der Waals surface area contributed by atoms with Gasteiger partial charge in [0.25, 0.3) is 5.91 Å². The van der Waals surface area contributed by atoms with Gasteiger partial charge in [-0.2, -0.15) is 0 Å². The highest BCUT2D eigenvalue weighted by molar-refractivity contribution is 5.80. The number of carbonyl (C=O) groups is 1. The van der Waals surface area contributed by atoms with Crippen LogP contribution in [0.4, 0.5) is 0 Å². The SMILES string of the molecule is CCNC(=O)COc1cccc(CN=C(NCC)N2CCC(CN(CC)CC)C2)c1. The van der Waals surface area contributed by atoms with Crippen molar-refractivity contribution in [3.05, 3.63) is 29.8 Å². The fourth-order valence-electron chi connectivity index (χ4n) is 3.74. The van der Waals surface area contributed by atoms with Crippen LogP contribution in [0.1, 0.15) is 39.7 Å². The Morgan fingerprint density at radius 3 is 2.67 bits per heavy atom. The Balaban J connectivity index is 1.94. The molecule has 30 heavy (non-hydrogen) atoms. The number of hydrogen-bond donors (Lipinski definition) is 2. The number of hydrogen-bond acceptors (Lipinski definition) is 4. The second-order valence-electron chi connectivity index (χ2n) is 7.65. The van der Waals surface area contributed by atoms with Crippen LogP contribution in [0, 0.1) is 5.92 Å². The number of benzene rings is 1. The van der Waals surface area contributed by atoms with Crippen LogP contribution in [-0.4, -0.2) is 74.1 Å². The van der Waals surface area contributed by atoms with Crippen molar-refractivity contribution in [3.63, 3.8) is 0 Å². The first-order chi connectivity index (χ1) is 14.6. The van der Waals surface area contributed by atoms with Gasteiger partial charge in [-0.1, -0.05) is 26.0 Å². The summed E-state index contributed by atoms with van der Waals surface area (Å²) < 4.78 is 5.60. The molecule has 0 bridgehead atoms. The monoisotopic (exact) mass is 417 g/mol. The molecule has 1 unspecified atom stereocenters. The van der Waals surface area contributed by atoms with Crippen LogP contribution in [0.15, 0.2) is 29.3 Å². The maximum Gasteiger partial charge on any atom is 0.257 e. The summed E-state index contributed by atoms with van der Waals surface area (Å²) in [5.41, 5.74) is 1.07. The molecule has 1 heterocycles. The van der Waals surface area contributed by atoms with Gasteiger partial charge in [0.15, 0.2) is 12.6 Å². The average molecular weight is 418 g/mol. The van der Waals surface area contributed by atoms with E-state index in [1.165, 1.54) is 6.42 Å². The molecular weight excluding hydrogens is 378 g/mol. The zero-order valence-electron chi connectivity index (χ0n) is 19.1. The van der Waals surface area contributed by atoms with Gasteiger partial charge in [-0.25, -0.2) is 4.99 Å². The normalized spacial score (nSPS) is 16.8. The maximum atomic E-state index is 11.6. The molecule has 1 aromatic rings. The smallest absolute Gasteiger partial charge is 0.257 e. The molecule has 0 radical (unpaired) electrons. The van der Waals surface area contributed by atoms with Crippen molar-refractivity contribution in [1.29, 1.82) is 0 Å². The summed E-state index contributed by atoms with van der Waals surface area (Å²) in [5, 5.41) is 6.18. The molecule has 1 aliphatic heterocycles. The Morgan fingerprint density at radius 2 is 1.97 bits per heavy atom. The number of aliphatic imine (C=N–C) groups is 1. The Kier molecular flexibility index (Phi) is 10.5. The van der Waals surface area contributed by atoms with Crippen LogP contribution in [-0.2, 0) is 11.3 Å². The van der Waals surface area contributed by atoms with Gasteiger partial charge in [-0.15, -0.1) is 0 Å². The molecule has 1 aromatic carbocycles. The summed E-state index contributed by atoms with van der Waals surface area (Å²) in [6.45, 7) is 16.0. The van der Waals surface area contributed by atoms with Crippen molar-refractivity contribution >= 4 is 11.9 Å². The lowest BCUT2D eigenvalue weighted by atomic mass is 10.1. The summed E-state index contributed by atoms with van der Waals surface area (Å²) >= 11 is 0. The van der Waals surface area contributed by atoms with Gasteiger partial charge in [0, 0.05) is 32.7 Å².